The Bertz CT molecular complexity index is 564. The monoisotopic (exact) mass is 243 g/mol. The number of rotatable bonds is 5. The largest absolute Gasteiger partial charge is 0.351 e. The maximum absolute atomic E-state index is 11.8. The summed E-state index contributed by atoms with van der Waals surface area (Å²) in [6.45, 7) is 0.886. The van der Waals surface area contributed by atoms with Crippen molar-refractivity contribution < 1.29 is 4.79 Å². The topological polar surface area (TPSA) is 93.7 Å². The molecule has 0 saturated heterocycles. The normalized spacial score (nSPS) is 10.0. The molecule has 2 N–H and O–H groups in total. The molecule has 0 radical (unpaired) electrons. The maximum Gasteiger partial charge on any atom is 0.267 e. The van der Waals surface area contributed by atoms with Crippen LogP contribution in [-0.2, 0) is 0 Å². The summed E-state index contributed by atoms with van der Waals surface area (Å²) in [6, 6.07) is 9.54. The van der Waals surface area contributed by atoms with Crippen LogP contribution in [0.25, 0.3) is 21.3 Å². The van der Waals surface area contributed by atoms with E-state index < -0.39 is 0 Å². The molecule has 18 heavy (non-hydrogen) atoms. The zero-order valence-electron chi connectivity index (χ0n) is 9.76. The Morgan fingerprint density at radius 3 is 3.06 bits per heavy atom. The number of carbonyl (C=O) groups is 1. The van der Waals surface area contributed by atoms with E-state index in [0.29, 0.717) is 25.2 Å². The van der Waals surface area contributed by atoms with Crippen molar-refractivity contribution in [3.05, 3.63) is 46.5 Å². The van der Waals surface area contributed by atoms with E-state index in [9.17, 15) is 4.79 Å². The highest BCUT2D eigenvalue weighted by Gasteiger charge is 2.07. The molecule has 0 unspecified atom stereocenters. The Hall–Kier alpha value is -2.46. The Balaban J connectivity index is 1.94. The predicted molar refractivity (Wildman–Crippen MR) is 69.3 cm³/mol. The second kappa shape index (κ2) is 5.75. The quantitative estimate of drug-likeness (QED) is 0.359. The highest BCUT2D eigenvalue weighted by Crippen LogP contribution is 2.14. The average Bonchev–Trinajstić information content (AvgIpc) is 2.82. The van der Waals surface area contributed by atoms with Crippen LogP contribution in [0.15, 0.2) is 35.4 Å². The van der Waals surface area contributed by atoms with Crippen LogP contribution < -0.4 is 5.32 Å². The van der Waals surface area contributed by atoms with Crippen molar-refractivity contribution in [3.8, 4) is 0 Å². The third-order valence-corrected chi connectivity index (χ3v) is 2.56. The molecule has 2 aromatic rings. The average molecular weight is 243 g/mol. The fraction of sp³-hybridized carbons (Fsp3) is 0.250. The number of hydrogen-bond donors (Lipinski definition) is 2. The molecule has 2 rings (SSSR count). The number of aromatic nitrogens is 1. The van der Waals surface area contributed by atoms with Crippen molar-refractivity contribution in [1.82, 2.24) is 10.3 Å². The van der Waals surface area contributed by atoms with E-state index in [1.807, 2.05) is 30.3 Å². The van der Waals surface area contributed by atoms with E-state index in [4.69, 9.17) is 5.53 Å². The lowest BCUT2D eigenvalue weighted by molar-refractivity contribution is 0.0949. The van der Waals surface area contributed by atoms with Crippen LogP contribution in [0.1, 0.15) is 16.9 Å². The molecule has 0 atom stereocenters. The Kier molecular flexibility index (Phi) is 3.83. The summed E-state index contributed by atoms with van der Waals surface area (Å²) in [7, 11) is 0. The van der Waals surface area contributed by atoms with E-state index >= 15 is 0 Å². The number of azide groups is 1. The van der Waals surface area contributed by atoms with Crippen molar-refractivity contribution in [3.63, 3.8) is 0 Å². The summed E-state index contributed by atoms with van der Waals surface area (Å²) in [5.74, 6) is -0.146. The van der Waals surface area contributed by atoms with Gasteiger partial charge in [-0.25, -0.2) is 0 Å². The molecule has 0 aliphatic heterocycles. The summed E-state index contributed by atoms with van der Waals surface area (Å²) in [5, 5.41) is 7.17. The molecule has 0 spiro atoms. The lowest BCUT2D eigenvalue weighted by atomic mass is 10.2. The number of aromatic amines is 1. The highest BCUT2D eigenvalue weighted by molar-refractivity contribution is 5.97. The number of H-pyrrole nitrogens is 1. The maximum atomic E-state index is 11.8. The molecule has 0 aliphatic rings. The van der Waals surface area contributed by atoms with Gasteiger partial charge in [0, 0.05) is 28.9 Å². The van der Waals surface area contributed by atoms with E-state index in [2.05, 4.69) is 20.3 Å². The van der Waals surface area contributed by atoms with Crippen LogP contribution >= 0.6 is 0 Å². The summed E-state index contributed by atoms with van der Waals surface area (Å²) < 4.78 is 0. The van der Waals surface area contributed by atoms with Gasteiger partial charge in [0.25, 0.3) is 5.91 Å². The number of hydrogen-bond acceptors (Lipinski definition) is 2. The van der Waals surface area contributed by atoms with Crippen LogP contribution in [-0.4, -0.2) is 24.0 Å². The van der Waals surface area contributed by atoms with Gasteiger partial charge >= 0.3 is 0 Å². The third kappa shape index (κ3) is 2.81. The second-order valence-electron chi connectivity index (χ2n) is 3.83. The standard InChI is InChI=1S/C12H13N5O/c13-17-15-7-3-6-14-12(18)11-8-9-4-1-2-5-10(9)16-11/h1-2,4-5,8,16H,3,6-7H2,(H,14,18). The fourth-order valence-electron chi connectivity index (χ4n) is 1.69. The van der Waals surface area contributed by atoms with E-state index in [-0.39, 0.29) is 5.91 Å². The minimum atomic E-state index is -0.146. The number of benzene rings is 1. The van der Waals surface area contributed by atoms with Gasteiger partial charge in [0.2, 0.25) is 0 Å². The van der Waals surface area contributed by atoms with E-state index in [1.165, 1.54) is 0 Å². The van der Waals surface area contributed by atoms with Crippen molar-refractivity contribution in [2.45, 2.75) is 6.42 Å². The van der Waals surface area contributed by atoms with Crippen LogP contribution in [0, 0.1) is 0 Å². The van der Waals surface area contributed by atoms with Crippen molar-refractivity contribution in [2.24, 2.45) is 5.11 Å². The highest BCUT2D eigenvalue weighted by atomic mass is 16.1. The van der Waals surface area contributed by atoms with Gasteiger partial charge in [-0.15, -0.1) is 0 Å². The van der Waals surface area contributed by atoms with E-state index in [1.54, 1.807) is 0 Å². The van der Waals surface area contributed by atoms with Gasteiger partial charge in [-0.1, -0.05) is 23.3 Å². The van der Waals surface area contributed by atoms with Gasteiger partial charge in [-0.05, 0) is 24.1 Å². The molecular formula is C12H13N5O. The van der Waals surface area contributed by atoms with Gasteiger partial charge in [0.1, 0.15) is 5.69 Å². The zero-order chi connectivity index (χ0) is 12.8. The zero-order valence-corrected chi connectivity index (χ0v) is 9.76. The smallest absolute Gasteiger partial charge is 0.267 e. The molecule has 92 valence electrons. The third-order valence-electron chi connectivity index (χ3n) is 2.56. The first-order valence-corrected chi connectivity index (χ1v) is 5.68. The number of amides is 1. The van der Waals surface area contributed by atoms with Gasteiger partial charge in [0.15, 0.2) is 0 Å². The van der Waals surface area contributed by atoms with Gasteiger partial charge < -0.3 is 10.3 Å². The number of nitrogens with zero attached hydrogens (tertiary/aromatic N) is 3. The molecule has 0 saturated carbocycles. The minimum Gasteiger partial charge on any atom is -0.351 e. The number of fused-ring (bicyclic) bond motifs is 1. The van der Waals surface area contributed by atoms with Crippen molar-refractivity contribution in [2.75, 3.05) is 13.1 Å². The SMILES string of the molecule is [N-]=[N+]=NCCCNC(=O)c1cc2ccccc2[nH]1. The van der Waals surface area contributed by atoms with Gasteiger partial charge in [-0.2, -0.15) is 0 Å². The predicted octanol–water partition coefficient (Wildman–Crippen LogP) is 2.60. The Morgan fingerprint density at radius 1 is 1.44 bits per heavy atom. The molecule has 6 heteroatoms. The molecule has 0 fully saturated rings. The molecule has 1 aromatic heterocycles. The second-order valence-corrected chi connectivity index (χ2v) is 3.83. The lowest BCUT2D eigenvalue weighted by Crippen LogP contribution is -2.25. The first kappa shape index (κ1) is 12.0. The molecule has 1 aromatic carbocycles. The minimum absolute atomic E-state index is 0.146. The van der Waals surface area contributed by atoms with Crippen LogP contribution in [0.5, 0.6) is 0 Å². The summed E-state index contributed by atoms with van der Waals surface area (Å²) in [6.07, 6.45) is 0.635. The molecule has 0 aliphatic carbocycles. The van der Waals surface area contributed by atoms with Crippen molar-refractivity contribution in [1.29, 1.82) is 0 Å². The molecule has 1 heterocycles. The lowest BCUT2D eigenvalue weighted by Gasteiger charge is -2.01. The summed E-state index contributed by atoms with van der Waals surface area (Å²) >= 11 is 0. The first-order chi connectivity index (χ1) is 8.81. The van der Waals surface area contributed by atoms with Crippen LogP contribution in [0.4, 0.5) is 0 Å². The van der Waals surface area contributed by atoms with E-state index in [0.717, 1.165) is 10.9 Å². The molecule has 1 amide bonds. The fourth-order valence-corrected chi connectivity index (χ4v) is 1.69. The summed E-state index contributed by atoms with van der Waals surface area (Å²) in [4.78, 5) is 17.5. The van der Waals surface area contributed by atoms with Gasteiger partial charge in [0.05, 0.1) is 0 Å². The first-order valence-electron chi connectivity index (χ1n) is 5.68. The number of carbonyl (C=O) groups excluding carboxylic acids is 1. The van der Waals surface area contributed by atoms with Gasteiger partial charge in [-0.3, -0.25) is 4.79 Å². The van der Waals surface area contributed by atoms with Crippen LogP contribution in [0.3, 0.4) is 0 Å². The molecule has 0 bridgehead atoms. The number of nitrogens with one attached hydrogen (secondary N) is 2. The van der Waals surface area contributed by atoms with Crippen molar-refractivity contribution >= 4 is 16.8 Å². The summed E-state index contributed by atoms with van der Waals surface area (Å²) in [5.41, 5.74) is 9.58. The number of para-hydroxylation sites is 1. The van der Waals surface area contributed by atoms with Crippen LogP contribution in [0.2, 0.25) is 0 Å². The Labute approximate surface area is 104 Å². The molecule has 6 nitrogen and oxygen atoms in total. The Morgan fingerprint density at radius 2 is 2.28 bits per heavy atom. The molecular weight excluding hydrogens is 230 g/mol.